The van der Waals surface area contributed by atoms with Crippen molar-refractivity contribution in [2.24, 2.45) is 0 Å². The van der Waals surface area contributed by atoms with Gasteiger partial charge in [-0.05, 0) is 0 Å². The molecule has 1 heterocycles. The van der Waals surface area contributed by atoms with E-state index in [4.69, 9.17) is 0 Å². The molecule has 0 saturated heterocycles. The van der Waals surface area contributed by atoms with Crippen LogP contribution in [0.15, 0.2) is 36.5 Å². The molecular formula is C15H18FGeN. The number of hydrogen-bond acceptors (Lipinski definition) is 1. The molecule has 2 aromatic rings. The van der Waals surface area contributed by atoms with Crippen LogP contribution < -0.4 is 4.40 Å². The summed E-state index contributed by atoms with van der Waals surface area (Å²) < 4.78 is 15.1. The zero-order valence-electron chi connectivity index (χ0n) is 11.3. The summed E-state index contributed by atoms with van der Waals surface area (Å²) in [6, 6.07) is 8.79. The third kappa shape index (κ3) is 2.64. The van der Waals surface area contributed by atoms with Crippen LogP contribution in [0, 0.1) is 12.7 Å². The molecule has 0 radical (unpaired) electrons. The molecule has 1 nitrogen and oxygen atoms in total. The van der Waals surface area contributed by atoms with E-state index in [0.717, 1.165) is 5.69 Å². The summed E-state index contributed by atoms with van der Waals surface area (Å²) in [6.07, 6.45) is 1.94. The summed E-state index contributed by atoms with van der Waals surface area (Å²) in [5.41, 5.74) is 2.53. The molecule has 0 aliphatic rings. The first-order valence-electron chi connectivity index (χ1n) is 6.11. The van der Waals surface area contributed by atoms with Crippen LogP contribution in [-0.4, -0.2) is 18.3 Å². The van der Waals surface area contributed by atoms with E-state index in [9.17, 15) is 4.39 Å². The van der Waals surface area contributed by atoms with E-state index >= 15 is 0 Å². The van der Waals surface area contributed by atoms with Crippen LogP contribution in [-0.2, 0) is 0 Å². The van der Waals surface area contributed by atoms with Crippen LogP contribution in [0.2, 0.25) is 17.3 Å². The number of halogens is 1. The van der Waals surface area contributed by atoms with Crippen molar-refractivity contribution >= 4 is 17.7 Å². The number of hydrogen-bond donors (Lipinski definition) is 0. The van der Waals surface area contributed by atoms with Crippen LogP contribution in [0.5, 0.6) is 0 Å². The molecule has 0 aliphatic carbocycles. The van der Waals surface area contributed by atoms with Crippen molar-refractivity contribution in [3.63, 3.8) is 0 Å². The quantitative estimate of drug-likeness (QED) is 0.770. The van der Waals surface area contributed by atoms with Gasteiger partial charge in [-0.2, -0.15) is 0 Å². The molecule has 2 rings (SSSR count). The van der Waals surface area contributed by atoms with Crippen LogP contribution in [0.4, 0.5) is 4.39 Å². The second kappa shape index (κ2) is 4.84. The van der Waals surface area contributed by atoms with Crippen molar-refractivity contribution in [1.29, 1.82) is 0 Å². The number of aromatic nitrogens is 1. The second-order valence-corrected chi connectivity index (χ2v) is 16.2. The molecule has 0 saturated carbocycles. The molecule has 0 N–H and O–H groups in total. The molecule has 0 aliphatic heterocycles. The fraction of sp³-hybridized carbons (Fsp3) is 0.267. The van der Waals surface area contributed by atoms with Gasteiger partial charge in [-0.3, -0.25) is 0 Å². The van der Waals surface area contributed by atoms with Crippen molar-refractivity contribution in [1.82, 2.24) is 4.98 Å². The summed E-state index contributed by atoms with van der Waals surface area (Å²) >= 11 is -1.87. The summed E-state index contributed by atoms with van der Waals surface area (Å²) in [6.45, 7) is 2.10. The Balaban J connectivity index is 2.51. The molecule has 94 valence electrons. The Morgan fingerprint density at radius 1 is 1.11 bits per heavy atom. The third-order valence-corrected chi connectivity index (χ3v) is 7.56. The minimum absolute atomic E-state index is 0.213. The van der Waals surface area contributed by atoms with Crippen molar-refractivity contribution in [2.45, 2.75) is 24.2 Å². The van der Waals surface area contributed by atoms with Gasteiger partial charge in [-0.1, -0.05) is 0 Å². The van der Waals surface area contributed by atoms with Gasteiger partial charge in [-0.25, -0.2) is 0 Å². The van der Waals surface area contributed by atoms with Gasteiger partial charge < -0.3 is 0 Å². The summed E-state index contributed by atoms with van der Waals surface area (Å²) in [5.74, 6) is 6.81. The molecule has 0 spiro atoms. The Bertz CT molecular complexity index is 573. The SMILES string of the molecule is Cc1cc(-c2ccccc2F)nc[c]1[Ge]([CH3])([CH3])[CH3]. The van der Waals surface area contributed by atoms with E-state index in [1.807, 2.05) is 18.3 Å². The Kier molecular flexibility index (Phi) is 3.57. The van der Waals surface area contributed by atoms with Crippen LogP contribution in [0.25, 0.3) is 11.3 Å². The first kappa shape index (κ1) is 13.3. The van der Waals surface area contributed by atoms with Gasteiger partial charge in [0.05, 0.1) is 0 Å². The first-order chi connectivity index (χ1) is 8.39. The van der Waals surface area contributed by atoms with Crippen molar-refractivity contribution in [3.05, 3.63) is 47.9 Å². The maximum absolute atomic E-state index is 13.7. The van der Waals surface area contributed by atoms with Gasteiger partial charge in [0.1, 0.15) is 0 Å². The Labute approximate surface area is 110 Å². The fourth-order valence-corrected chi connectivity index (χ4v) is 5.74. The molecule has 1 aromatic carbocycles. The summed E-state index contributed by atoms with van der Waals surface area (Å²) in [7, 11) is 0. The minimum atomic E-state index is -1.87. The molecule has 0 atom stereocenters. The Hall–Kier alpha value is -1.16. The topological polar surface area (TPSA) is 12.9 Å². The summed E-state index contributed by atoms with van der Waals surface area (Å²) in [4.78, 5) is 4.44. The van der Waals surface area contributed by atoms with Crippen molar-refractivity contribution < 1.29 is 4.39 Å². The van der Waals surface area contributed by atoms with E-state index in [2.05, 4.69) is 29.2 Å². The monoisotopic (exact) mass is 305 g/mol. The average molecular weight is 304 g/mol. The zero-order valence-corrected chi connectivity index (χ0v) is 13.4. The van der Waals surface area contributed by atoms with Gasteiger partial charge in [0.25, 0.3) is 0 Å². The number of rotatable bonds is 2. The van der Waals surface area contributed by atoms with Crippen molar-refractivity contribution in [3.8, 4) is 11.3 Å². The van der Waals surface area contributed by atoms with Gasteiger partial charge in [-0.15, -0.1) is 0 Å². The average Bonchev–Trinajstić information content (AvgIpc) is 2.27. The standard InChI is InChI=1S/C15H18FGeN/c1-11-9-15(12-7-5-6-8-13(12)16)18-10-14(11)17(2,3)4/h5-10H,1-4H3. The van der Waals surface area contributed by atoms with E-state index < -0.39 is 13.3 Å². The third-order valence-electron chi connectivity index (χ3n) is 3.07. The molecule has 3 heteroatoms. The molecule has 18 heavy (non-hydrogen) atoms. The summed E-state index contributed by atoms with van der Waals surface area (Å²) in [5, 5.41) is 0. The normalized spacial score (nSPS) is 11.6. The van der Waals surface area contributed by atoms with Crippen LogP contribution in [0.3, 0.4) is 0 Å². The molecule has 1 aromatic heterocycles. The maximum atomic E-state index is 13.7. The Morgan fingerprint density at radius 2 is 1.78 bits per heavy atom. The zero-order chi connectivity index (χ0) is 13.3. The number of pyridine rings is 1. The number of nitrogens with zero attached hydrogens (tertiary/aromatic N) is 1. The van der Waals surface area contributed by atoms with Gasteiger partial charge >= 0.3 is 110 Å². The van der Waals surface area contributed by atoms with Gasteiger partial charge in [0, 0.05) is 0 Å². The van der Waals surface area contributed by atoms with Gasteiger partial charge in [0.2, 0.25) is 0 Å². The predicted molar refractivity (Wildman–Crippen MR) is 77.3 cm³/mol. The predicted octanol–water partition coefficient (Wildman–Crippen LogP) is 3.74. The van der Waals surface area contributed by atoms with Crippen LogP contribution >= 0.6 is 0 Å². The number of aryl methyl sites for hydroxylation is 1. The van der Waals surface area contributed by atoms with E-state index in [1.54, 1.807) is 12.1 Å². The first-order valence-corrected chi connectivity index (χ1v) is 13.5. The van der Waals surface area contributed by atoms with Crippen LogP contribution in [0.1, 0.15) is 5.56 Å². The van der Waals surface area contributed by atoms with Crippen molar-refractivity contribution in [2.75, 3.05) is 0 Å². The van der Waals surface area contributed by atoms with E-state index in [0.29, 0.717) is 5.56 Å². The molecular weight excluding hydrogens is 286 g/mol. The van der Waals surface area contributed by atoms with E-state index in [-0.39, 0.29) is 5.82 Å². The molecule has 0 amide bonds. The number of benzene rings is 1. The van der Waals surface area contributed by atoms with E-state index in [1.165, 1.54) is 16.0 Å². The van der Waals surface area contributed by atoms with Gasteiger partial charge in [0.15, 0.2) is 0 Å². The molecule has 0 bridgehead atoms. The molecule has 0 unspecified atom stereocenters. The Morgan fingerprint density at radius 3 is 2.33 bits per heavy atom. The molecule has 0 fully saturated rings. The second-order valence-electron chi connectivity index (χ2n) is 5.61. The fourth-order valence-electron chi connectivity index (χ4n) is 2.16.